The summed E-state index contributed by atoms with van der Waals surface area (Å²) >= 11 is 0. The summed E-state index contributed by atoms with van der Waals surface area (Å²) in [5.74, 6) is 1.04. The molecular formula is C18H24O. The highest BCUT2D eigenvalue weighted by molar-refractivity contribution is 5.92. The SMILES string of the molecule is CCOc1cc(CC)cc2c(CC)cc(CC)cc12. The third-order valence-corrected chi connectivity index (χ3v) is 3.73. The van der Waals surface area contributed by atoms with Crippen LogP contribution in [0.2, 0.25) is 0 Å². The topological polar surface area (TPSA) is 9.23 Å². The smallest absolute Gasteiger partial charge is 0.127 e. The standard InChI is InChI=1S/C18H24O/c1-5-13-9-15(7-3)16-10-14(6-2)12-18(19-8-4)17(16)11-13/h9-12H,5-8H2,1-4H3. The summed E-state index contributed by atoms with van der Waals surface area (Å²) < 4.78 is 5.86. The van der Waals surface area contributed by atoms with Crippen molar-refractivity contribution < 1.29 is 4.74 Å². The highest BCUT2D eigenvalue weighted by Gasteiger charge is 2.09. The predicted molar refractivity (Wildman–Crippen MR) is 83.3 cm³/mol. The highest BCUT2D eigenvalue weighted by Crippen LogP contribution is 2.32. The van der Waals surface area contributed by atoms with Crippen LogP contribution in [0.5, 0.6) is 5.75 Å². The van der Waals surface area contributed by atoms with E-state index in [9.17, 15) is 0 Å². The van der Waals surface area contributed by atoms with E-state index in [2.05, 4.69) is 52.0 Å². The third kappa shape index (κ3) is 2.75. The minimum Gasteiger partial charge on any atom is -0.493 e. The average molecular weight is 256 g/mol. The van der Waals surface area contributed by atoms with Crippen molar-refractivity contribution in [2.45, 2.75) is 47.0 Å². The van der Waals surface area contributed by atoms with Crippen LogP contribution in [0.15, 0.2) is 24.3 Å². The van der Waals surface area contributed by atoms with Crippen LogP contribution in [-0.4, -0.2) is 6.61 Å². The fraction of sp³-hybridized carbons (Fsp3) is 0.444. The molecule has 0 spiro atoms. The summed E-state index contributed by atoms with van der Waals surface area (Å²) in [4.78, 5) is 0. The quantitative estimate of drug-likeness (QED) is 0.737. The van der Waals surface area contributed by atoms with Gasteiger partial charge < -0.3 is 4.74 Å². The molecule has 0 saturated heterocycles. The minimum atomic E-state index is 0.722. The van der Waals surface area contributed by atoms with Gasteiger partial charge in [-0.25, -0.2) is 0 Å². The molecule has 2 rings (SSSR count). The van der Waals surface area contributed by atoms with E-state index < -0.39 is 0 Å². The van der Waals surface area contributed by atoms with Crippen molar-refractivity contribution in [2.24, 2.45) is 0 Å². The molecular weight excluding hydrogens is 232 g/mol. The number of benzene rings is 2. The van der Waals surface area contributed by atoms with Crippen LogP contribution < -0.4 is 4.74 Å². The Labute approximate surface area is 116 Å². The Kier molecular flexibility index (Phi) is 4.47. The minimum absolute atomic E-state index is 0.722. The van der Waals surface area contributed by atoms with Gasteiger partial charge in [0.05, 0.1) is 6.61 Å². The zero-order valence-electron chi connectivity index (χ0n) is 12.5. The van der Waals surface area contributed by atoms with E-state index in [4.69, 9.17) is 4.74 Å². The van der Waals surface area contributed by atoms with Crippen LogP contribution in [-0.2, 0) is 19.3 Å². The lowest BCUT2D eigenvalue weighted by molar-refractivity contribution is 0.344. The number of rotatable bonds is 5. The number of ether oxygens (including phenoxy) is 1. The maximum Gasteiger partial charge on any atom is 0.127 e. The molecule has 19 heavy (non-hydrogen) atoms. The van der Waals surface area contributed by atoms with Crippen molar-refractivity contribution >= 4 is 10.8 Å². The summed E-state index contributed by atoms with van der Waals surface area (Å²) in [5, 5.41) is 2.64. The maximum absolute atomic E-state index is 5.86. The second-order valence-corrected chi connectivity index (χ2v) is 4.94. The molecule has 0 aliphatic rings. The lowest BCUT2D eigenvalue weighted by atomic mass is 9.95. The summed E-state index contributed by atoms with van der Waals surface area (Å²) in [6, 6.07) is 9.16. The van der Waals surface area contributed by atoms with Crippen LogP contribution in [0.4, 0.5) is 0 Å². The maximum atomic E-state index is 5.86. The Morgan fingerprint density at radius 3 is 1.95 bits per heavy atom. The Hall–Kier alpha value is -1.50. The van der Waals surface area contributed by atoms with Crippen molar-refractivity contribution in [3.8, 4) is 5.75 Å². The van der Waals surface area contributed by atoms with E-state index in [0.717, 1.165) is 31.6 Å². The molecule has 1 nitrogen and oxygen atoms in total. The van der Waals surface area contributed by atoms with Gasteiger partial charge in [0.2, 0.25) is 0 Å². The second kappa shape index (κ2) is 6.10. The predicted octanol–water partition coefficient (Wildman–Crippen LogP) is 4.93. The van der Waals surface area contributed by atoms with Crippen LogP contribution in [0.1, 0.15) is 44.4 Å². The van der Waals surface area contributed by atoms with Crippen LogP contribution >= 0.6 is 0 Å². The first-order valence-corrected chi connectivity index (χ1v) is 7.44. The summed E-state index contributed by atoms with van der Waals surface area (Å²) in [5.41, 5.74) is 4.19. The normalized spacial score (nSPS) is 10.9. The van der Waals surface area contributed by atoms with E-state index in [1.165, 1.54) is 27.5 Å². The number of hydrogen-bond acceptors (Lipinski definition) is 1. The summed E-state index contributed by atoms with van der Waals surface area (Å²) in [6.07, 6.45) is 3.20. The van der Waals surface area contributed by atoms with Gasteiger partial charge in [-0.15, -0.1) is 0 Å². The fourth-order valence-electron chi connectivity index (χ4n) is 2.60. The van der Waals surface area contributed by atoms with Gasteiger partial charge in [0.25, 0.3) is 0 Å². The van der Waals surface area contributed by atoms with Crippen molar-refractivity contribution in [1.82, 2.24) is 0 Å². The molecule has 2 aromatic carbocycles. The number of hydrogen-bond donors (Lipinski definition) is 0. The van der Waals surface area contributed by atoms with Crippen molar-refractivity contribution in [3.63, 3.8) is 0 Å². The van der Waals surface area contributed by atoms with Gasteiger partial charge >= 0.3 is 0 Å². The van der Waals surface area contributed by atoms with E-state index in [1.807, 2.05) is 0 Å². The lowest BCUT2D eigenvalue weighted by Gasteiger charge is -2.14. The molecule has 0 aromatic heterocycles. The molecule has 0 N–H and O–H groups in total. The summed E-state index contributed by atoms with van der Waals surface area (Å²) in [6.45, 7) is 9.41. The monoisotopic (exact) mass is 256 g/mol. The Balaban J connectivity index is 2.75. The van der Waals surface area contributed by atoms with E-state index in [1.54, 1.807) is 0 Å². The molecule has 0 unspecified atom stereocenters. The van der Waals surface area contributed by atoms with Gasteiger partial charge in [-0.1, -0.05) is 32.9 Å². The molecule has 0 saturated carbocycles. The third-order valence-electron chi connectivity index (χ3n) is 3.73. The molecule has 1 heteroatoms. The molecule has 0 fully saturated rings. The second-order valence-electron chi connectivity index (χ2n) is 4.94. The van der Waals surface area contributed by atoms with Crippen LogP contribution in [0.3, 0.4) is 0 Å². The Morgan fingerprint density at radius 1 is 0.737 bits per heavy atom. The van der Waals surface area contributed by atoms with Gasteiger partial charge in [0.15, 0.2) is 0 Å². The Bertz CT molecular complexity index is 569. The van der Waals surface area contributed by atoms with Crippen LogP contribution in [0, 0.1) is 0 Å². The molecule has 2 aromatic rings. The largest absolute Gasteiger partial charge is 0.493 e. The molecule has 102 valence electrons. The molecule has 0 heterocycles. The molecule has 0 amide bonds. The van der Waals surface area contributed by atoms with E-state index in [0.29, 0.717) is 0 Å². The molecule has 0 radical (unpaired) electrons. The first kappa shape index (κ1) is 13.9. The average Bonchev–Trinajstić information content (AvgIpc) is 2.46. The molecule has 0 bridgehead atoms. The van der Waals surface area contributed by atoms with Gasteiger partial charge in [-0.3, -0.25) is 0 Å². The first-order chi connectivity index (χ1) is 9.23. The van der Waals surface area contributed by atoms with Crippen molar-refractivity contribution in [2.75, 3.05) is 6.61 Å². The number of aryl methyl sites for hydroxylation is 3. The number of fused-ring (bicyclic) bond motifs is 1. The van der Waals surface area contributed by atoms with Gasteiger partial charge in [-0.2, -0.15) is 0 Å². The highest BCUT2D eigenvalue weighted by atomic mass is 16.5. The molecule has 0 aliphatic carbocycles. The van der Waals surface area contributed by atoms with Crippen LogP contribution in [0.25, 0.3) is 10.8 Å². The first-order valence-electron chi connectivity index (χ1n) is 7.44. The zero-order chi connectivity index (χ0) is 13.8. The zero-order valence-corrected chi connectivity index (χ0v) is 12.5. The Morgan fingerprint density at radius 2 is 1.37 bits per heavy atom. The van der Waals surface area contributed by atoms with Gasteiger partial charge in [0, 0.05) is 5.39 Å². The lowest BCUT2D eigenvalue weighted by Crippen LogP contribution is -1.97. The van der Waals surface area contributed by atoms with E-state index >= 15 is 0 Å². The summed E-state index contributed by atoms with van der Waals surface area (Å²) in [7, 11) is 0. The van der Waals surface area contributed by atoms with Crippen molar-refractivity contribution in [3.05, 3.63) is 41.0 Å². The van der Waals surface area contributed by atoms with E-state index in [-0.39, 0.29) is 0 Å². The van der Waals surface area contributed by atoms with Gasteiger partial charge in [0.1, 0.15) is 5.75 Å². The molecule has 0 aliphatic heterocycles. The van der Waals surface area contributed by atoms with Gasteiger partial charge in [-0.05, 0) is 60.4 Å². The van der Waals surface area contributed by atoms with Crippen molar-refractivity contribution in [1.29, 1.82) is 0 Å². The fourth-order valence-corrected chi connectivity index (χ4v) is 2.60. The molecule has 0 atom stereocenters.